The van der Waals surface area contributed by atoms with Gasteiger partial charge in [0, 0.05) is 34.9 Å². The molecule has 0 atom stereocenters. The van der Waals surface area contributed by atoms with Crippen LogP contribution < -0.4 is 0 Å². The smallest absolute Gasteiger partial charge is 0.453 e. The first-order valence-corrected chi connectivity index (χ1v) is 33.1. The number of carbonyl (C=O) groups is 12. The Morgan fingerprint density at radius 2 is 0.434 bits per heavy atom. The third-order valence-corrected chi connectivity index (χ3v) is 12.0. The molecule has 0 bridgehead atoms. The van der Waals surface area contributed by atoms with Crippen LogP contribution >= 0.6 is 0 Å². The first-order chi connectivity index (χ1) is 57.6. The van der Waals surface area contributed by atoms with Crippen LogP contribution in [0.5, 0.6) is 0 Å². The van der Waals surface area contributed by atoms with Crippen LogP contribution in [0.3, 0.4) is 0 Å². The highest BCUT2D eigenvalue weighted by molar-refractivity contribution is 5.88. The Kier molecular flexibility index (Phi) is 55.4. The summed E-state index contributed by atoms with van der Waals surface area (Å²) >= 11 is 0. The zero-order valence-electron chi connectivity index (χ0n) is 65.1. The van der Waals surface area contributed by atoms with Crippen LogP contribution in [0.25, 0.3) is 0 Å². The van der Waals surface area contributed by atoms with Crippen LogP contribution in [0.1, 0.15) is 78.6 Å². The fourth-order valence-electron chi connectivity index (χ4n) is 6.31. The fourth-order valence-corrected chi connectivity index (χ4v) is 6.31. The zero-order valence-corrected chi connectivity index (χ0v) is 65.1. The van der Waals surface area contributed by atoms with E-state index in [2.05, 4.69) is 96.3 Å². The van der Waals surface area contributed by atoms with Gasteiger partial charge in [-0.1, -0.05) is 39.5 Å². The summed E-state index contributed by atoms with van der Waals surface area (Å²) < 4.78 is 534. The lowest BCUT2D eigenvalue weighted by Crippen LogP contribution is -2.45. The number of hydrogen-bond donors (Lipinski definition) is 0. The van der Waals surface area contributed by atoms with E-state index >= 15 is 0 Å². The van der Waals surface area contributed by atoms with Crippen molar-refractivity contribution in [2.45, 2.75) is 187 Å². The number of rotatable bonds is 48. The molecule has 0 saturated heterocycles. The van der Waals surface area contributed by atoms with Gasteiger partial charge in [0.2, 0.25) is 12.9 Å². The van der Waals surface area contributed by atoms with Crippen LogP contribution in [0, 0.1) is 0 Å². The van der Waals surface area contributed by atoms with Crippen molar-refractivity contribution >= 4 is 71.6 Å². The predicted octanol–water partition coefficient (Wildman–Crippen LogP) is 16.3. The van der Waals surface area contributed by atoms with Gasteiger partial charge in [0.15, 0.2) is 0 Å². The Hall–Kier alpha value is -10.7. The molecule has 0 aliphatic rings. The third-order valence-electron chi connectivity index (χ3n) is 12.0. The van der Waals surface area contributed by atoms with Crippen LogP contribution in [-0.2, 0) is 114 Å². The number of hydrogen-bond acceptors (Lipinski definition) is 24. The van der Waals surface area contributed by atoms with Crippen LogP contribution in [0.2, 0.25) is 0 Å². The van der Waals surface area contributed by atoms with Crippen LogP contribution in [0.15, 0.2) is 74.4 Å². The van der Waals surface area contributed by atoms with Crippen molar-refractivity contribution in [1.82, 2.24) is 0 Å². The molecule has 0 rings (SSSR count). The molecule has 0 heterocycles. The van der Waals surface area contributed by atoms with Crippen molar-refractivity contribution in [3.05, 3.63) is 74.4 Å². The second kappa shape index (κ2) is 55.4. The van der Waals surface area contributed by atoms with E-state index in [1.54, 1.807) is 0 Å². The second-order valence-electron chi connectivity index (χ2n) is 24.0. The third kappa shape index (κ3) is 60.0. The molecule has 0 fully saturated rings. The molecular weight excluding hydrogens is 1920 g/mol. The summed E-state index contributed by atoms with van der Waals surface area (Å²) in [4.78, 5) is 129. The van der Waals surface area contributed by atoms with Crippen molar-refractivity contribution in [2.24, 2.45) is 0 Å². The fraction of sp³-hybridized carbons (Fsp3) is 0.636. The van der Waals surface area contributed by atoms with Gasteiger partial charge >= 0.3 is 150 Å². The first-order valence-electron chi connectivity index (χ1n) is 33.1. The van der Waals surface area contributed by atoms with E-state index in [4.69, 9.17) is 0 Å². The summed E-state index contributed by atoms with van der Waals surface area (Å²) in [5, 5.41) is 0. The Morgan fingerprint density at radius 3 is 0.605 bits per heavy atom. The summed E-state index contributed by atoms with van der Waals surface area (Å²) in [5.41, 5.74) is -0.0433. The Labute approximate surface area is 697 Å². The van der Waals surface area contributed by atoms with E-state index in [0.717, 1.165) is 12.2 Å². The quantitative estimate of drug-likeness (QED) is 0.0180. The van der Waals surface area contributed by atoms with Gasteiger partial charge in [0.25, 0.3) is 17.8 Å². The van der Waals surface area contributed by atoms with Crippen molar-refractivity contribution in [2.75, 3.05) is 79.3 Å². The highest BCUT2D eigenvalue weighted by atomic mass is 19.4. The maximum Gasteiger partial charge on any atom is 0.453 e. The molecule has 0 aromatic carbocycles. The molecule has 0 aliphatic carbocycles. The first kappa shape index (κ1) is 129. The number of ether oxygens (including phenoxy) is 12. The lowest BCUT2D eigenvalue weighted by molar-refractivity contribution is -0.299. The molecule has 0 spiro atoms. The molecule has 0 aromatic rings. The second-order valence-corrected chi connectivity index (χ2v) is 24.0. The van der Waals surface area contributed by atoms with E-state index in [1.807, 2.05) is 0 Å². The van der Waals surface area contributed by atoms with Crippen molar-refractivity contribution in [3.8, 4) is 0 Å². The molecule has 0 N–H and O–H groups in total. The number of esters is 12. The van der Waals surface area contributed by atoms with E-state index in [9.17, 15) is 229 Å². The van der Waals surface area contributed by atoms with E-state index in [0.29, 0.717) is 6.08 Å². The van der Waals surface area contributed by atoms with Gasteiger partial charge in [0.05, 0.1) is 51.4 Å². The lowest BCUT2D eigenvalue weighted by atomic mass is 10.1. The molecule has 0 aromatic heterocycles. The maximum absolute atomic E-state index is 13.2. The Bertz CT molecular complexity index is 3670. The molecule has 0 unspecified atom stereocenters. The van der Waals surface area contributed by atoms with Gasteiger partial charge in [-0.3, -0.25) is 0 Å². The van der Waals surface area contributed by atoms with Gasteiger partial charge in [-0.15, -0.1) is 0 Å². The van der Waals surface area contributed by atoms with E-state index in [1.165, 1.54) is 20.8 Å². The molecule has 0 radical (unpaired) electrons. The highest BCUT2D eigenvalue weighted by Crippen LogP contribution is 2.46. The van der Waals surface area contributed by atoms with Gasteiger partial charge in [0.1, 0.15) is 85.7 Å². The SMILES string of the molecule is C=C(C)C(=O)OCCOC(=O)C(F)(F)CC(F)(F)C(F)(F)F.C=C(C)C(=O)OCCOC(=O)C(F)(F)CC(F)(F)CC(F)(F)F.C=C(C)C(=O)OCCOC(=O)C(F)(F)CC(F)(F)CC(F)F.C=CC(=O)OCCOC(=O)C(F)(F)CC(F)(F)C(F)(F)F.C=CC(=O)OCCOC(=O)C(F)(F)CC(F)(F)C(F)F.C=CC(=O)OCCOC(=O)C(F)(F)CC(F)(F)CC(F)F. The monoisotopic (exact) mass is 1990 g/mol. The minimum atomic E-state index is -6.23. The summed E-state index contributed by atoms with van der Waals surface area (Å²) in [5.74, 6) is -79.4. The standard InChI is InChI=1S/C12H13F7O4.C12H14F6O4.C11H11F7O4.C11H12F6O4.C10H9F7O4.C10H10F6O4/c1-7(2)8(20)22-3-4-23-9(21)11(15,16)5-10(13,14)6-12(17,18)19;1-7(2)9(19)21-3-4-22-10(20)12(17,18)6-11(15,16)5-8(13)14;1-6(2)7(19)21-3-4-22-8(20)9(12,13)5-10(14,15)11(16,17)18;1-2-8(18)20-3-4-21-9(19)11(16,17)6-10(14,15)5-7(12)13;1-2-6(18)20-3-4-21-7(19)8(11,12)5-9(13,14)10(15,16)17;1-2-6(17)19-3-4-20-8(18)10(15,16)5-9(13,14)7(11)12/h1,3-6H2,2H3;8H,1,3-6H2,2H3;1,3-5H2,2H3;2,7H,1,3-6H2;2H,1,3-5H2;2,7H,1,3-5H2. The van der Waals surface area contributed by atoms with Gasteiger partial charge < -0.3 is 56.8 Å². The molecule has 750 valence electrons. The number of alkyl halides is 39. The lowest BCUT2D eigenvalue weighted by Gasteiger charge is -2.23. The molecule has 63 heteroatoms. The molecule has 0 amide bonds. The summed E-state index contributed by atoms with van der Waals surface area (Å²) in [6, 6.07) is 0. The Balaban J connectivity index is -0.000000352. The number of halogens is 39. The summed E-state index contributed by atoms with van der Waals surface area (Å²) in [6.45, 7) is 13.5. The normalized spacial score (nSPS) is 12.4. The predicted molar refractivity (Wildman–Crippen MR) is 344 cm³/mol. The zero-order chi connectivity index (χ0) is 103. The van der Waals surface area contributed by atoms with Crippen LogP contribution in [-0.4, -0.2) is 260 Å². The minimum absolute atomic E-state index is 0.0169. The van der Waals surface area contributed by atoms with E-state index < -0.39 is 318 Å². The summed E-state index contributed by atoms with van der Waals surface area (Å²) in [7, 11) is 0. The van der Waals surface area contributed by atoms with E-state index in [-0.39, 0.29) is 16.7 Å². The van der Waals surface area contributed by atoms with Gasteiger partial charge in [-0.05, 0) is 20.8 Å². The van der Waals surface area contributed by atoms with Gasteiger partial charge in [-0.25, -0.2) is 119 Å². The number of carbonyl (C=O) groups excluding carboxylic acids is 12. The molecule has 24 nitrogen and oxygen atoms in total. The molecule has 0 aliphatic heterocycles. The average molecular weight is 1990 g/mol. The Morgan fingerprint density at radius 1 is 0.256 bits per heavy atom. The van der Waals surface area contributed by atoms with Crippen molar-refractivity contribution in [1.29, 1.82) is 0 Å². The van der Waals surface area contributed by atoms with Crippen molar-refractivity contribution in [3.63, 3.8) is 0 Å². The average Bonchev–Trinajstić information content (AvgIpc) is 0.806. The molecular formula is C66H69F39O24. The largest absolute Gasteiger partial charge is 0.459 e. The highest BCUT2D eigenvalue weighted by Gasteiger charge is 2.66. The van der Waals surface area contributed by atoms with Gasteiger partial charge in [-0.2, -0.15) is 110 Å². The van der Waals surface area contributed by atoms with Crippen molar-refractivity contribution < 1.29 is 286 Å². The summed E-state index contributed by atoms with van der Waals surface area (Å²) in [6.07, 6.45) is -50.2. The van der Waals surface area contributed by atoms with Crippen LogP contribution in [0.4, 0.5) is 171 Å². The maximum atomic E-state index is 13.2. The molecule has 0 saturated carbocycles. The minimum Gasteiger partial charge on any atom is -0.459 e. The molecule has 129 heavy (non-hydrogen) atoms. The topological polar surface area (TPSA) is 316 Å².